The van der Waals surface area contributed by atoms with Crippen molar-refractivity contribution in [1.82, 2.24) is 4.31 Å². The van der Waals surface area contributed by atoms with E-state index in [1.165, 1.54) is 24.6 Å². The van der Waals surface area contributed by atoms with E-state index >= 15 is 0 Å². The molecule has 2 atom stereocenters. The topological polar surface area (TPSA) is 76.1 Å². The molecule has 2 aliphatic rings. The molecule has 0 radical (unpaired) electrons. The molecule has 0 saturated carbocycles. The molecule has 2 heterocycles. The van der Waals surface area contributed by atoms with E-state index in [-0.39, 0.29) is 29.1 Å². The van der Waals surface area contributed by atoms with Gasteiger partial charge in [0, 0.05) is 35.4 Å². The van der Waals surface area contributed by atoms with E-state index in [1.807, 2.05) is 30.0 Å². The van der Waals surface area contributed by atoms with Crippen LogP contribution in [0.5, 0.6) is 11.5 Å². The minimum Gasteiger partial charge on any atom is -0.497 e. The summed E-state index contributed by atoms with van der Waals surface area (Å²) in [5, 5.41) is 0. The van der Waals surface area contributed by atoms with Gasteiger partial charge in [0.25, 0.3) is 0 Å². The number of rotatable bonds is 5. The van der Waals surface area contributed by atoms with Crippen LogP contribution in [0.4, 0.5) is 5.69 Å². The highest BCUT2D eigenvalue weighted by Gasteiger charge is 2.40. The summed E-state index contributed by atoms with van der Waals surface area (Å²) < 4.78 is 39.9. The predicted molar refractivity (Wildman–Crippen MR) is 126 cm³/mol. The van der Waals surface area contributed by atoms with E-state index in [1.54, 1.807) is 12.1 Å². The Hall–Kier alpha value is -2.10. The first-order chi connectivity index (χ1) is 15.3. The van der Waals surface area contributed by atoms with Gasteiger partial charge in [-0.25, -0.2) is 8.42 Å². The van der Waals surface area contributed by atoms with Crippen molar-refractivity contribution < 1.29 is 22.7 Å². The average Bonchev–Trinajstić information content (AvgIpc) is 3.12. The Labute approximate surface area is 197 Å². The number of methoxy groups -OCH3 is 2. The Bertz CT molecular complexity index is 1140. The zero-order valence-corrected chi connectivity index (χ0v) is 20.8. The summed E-state index contributed by atoms with van der Waals surface area (Å²) in [5.74, 6) is 0.276. The maximum absolute atomic E-state index is 13.5. The van der Waals surface area contributed by atoms with Crippen LogP contribution in [0.2, 0.25) is 0 Å². The summed E-state index contributed by atoms with van der Waals surface area (Å²) in [4.78, 5) is 15.4. The van der Waals surface area contributed by atoms with Crippen LogP contribution in [0.1, 0.15) is 25.3 Å². The van der Waals surface area contributed by atoms with Crippen molar-refractivity contribution >= 4 is 37.5 Å². The van der Waals surface area contributed by atoms with E-state index in [0.717, 1.165) is 22.1 Å². The van der Waals surface area contributed by atoms with Gasteiger partial charge in [-0.3, -0.25) is 4.79 Å². The fourth-order valence-electron chi connectivity index (χ4n) is 4.62. The highest BCUT2D eigenvalue weighted by atomic mass is 79.9. The van der Waals surface area contributed by atoms with Gasteiger partial charge in [0.2, 0.25) is 15.9 Å². The normalized spacial score (nSPS) is 21.3. The van der Waals surface area contributed by atoms with Crippen molar-refractivity contribution in [3.63, 3.8) is 0 Å². The lowest BCUT2D eigenvalue weighted by Gasteiger charge is -2.34. The lowest BCUT2D eigenvalue weighted by atomic mass is 9.97. The Kier molecular flexibility index (Phi) is 6.51. The molecule has 1 amide bonds. The minimum absolute atomic E-state index is 0.0175. The number of fused-ring (bicyclic) bond motifs is 1. The number of anilines is 1. The van der Waals surface area contributed by atoms with E-state index in [4.69, 9.17) is 9.47 Å². The molecule has 0 aliphatic carbocycles. The van der Waals surface area contributed by atoms with E-state index in [0.29, 0.717) is 25.1 Å². The van der Waals surface area contributed by atoms with Crippen molar-refractivity contribution in [1.29, 1.82) is 0 Å². The molecule has 32 heavy (non-hydrogen) atoms. The molecule has 172 valence electrons. The number of carbonyl (C=O) groups is 1. The molecule has 0 spiro atoms. The molecular formula is C23H27BrN2O5S. The third-order valence-electron chi connectivity index (χ3n) is 6.22. The summed E-state index contributed by atoms with van der Waals surface area (Å²) in [5.41, 5.74) is 2.04. The van der Waals surface area contributed by atoms with Gasteiger partial charge in [0.15, 0.2) is 0 Å². The molecule has 2 aliphatic heterocycles. The number of halogens is 1. The van der Waals surface area contributed by atoms with Crippen LogP contribution in [0.15, 0.2) is 45.8 Å². The molecule has 9 heteroatoms. The molecule has 2 aromatic carbocycles. The summed E-state index contributed by atoms with van der Waals surface area (Å²) in [6.45, 7) is 2.55. The van der Waals surface area contributed by atoms with Crippen LogP contribution in [0, 0.1) is 5.92 Å². The number of carbonyl (C=O) groups excluding carboxylic acids is 1. The summed E-state index contributed by atoms with van der Waals surface area (Å²) in [6.07, 6.45) is 2.07. The summed E-state index contributed by atoms with van der Waals surface area (Å²) >= 11 is 3.50. The smallest absolute Gasteiger partial charge is 0.246 e. The molecule has 0 unspecified atom stereocenters. The monoisotopic (exact) mass is 522 g/mol. The van der Waals surface area contributed by atoms with E-state index in [9.17, 15) is 13.2 Å². The standard InChI is InChI=1S/C23H27BrN2O5S/c1-15-11-17-12-18(24)6-8-20(17)26(15)23(27)16-5-4-10-25(14-16)32(28,29)22-13-19(30-2)7-9-21(22)31-3/h6-9,12-13,15-16H,4-5,10-11,14H2,1-3H3/t15-,16+/m1/s1. The highest BCUT2D eigenvalue weighted by molar-refractivity contribution is 9.10. The SMILES string of the molecule is COc1ccc(OC)c(S(=O)(=O)N2CCC[C@H](C(=O)N3c4ccc(Br)cc4C[C@H]3C)C2)c1. The number of amides is 1. The third-order valence-corrected chi connectivity index (χ3v) is 8.60. The quantitative estimate of drug-likeness (QED) is 0.596. The van der Waals surface area contributed by atoms with Gasteiger partial charge in [0.1, 0.15) is 16.4 Å². The molecule has 1 saturated heterocycles. The number of benzene rings is 2. The second kappa shape index (κ2) is 9.03. The third kappa shape index (κ3) is 4.13. The zero-order valence-electron chi connectivity index (χ0n) is 18.4. The van der Waals surface area contributed by atoms with Gasteiger partial charge in [-0.05, 0) is 62.1 Å². The first kappa shape index (κ1) is 23.1. The number of ether oxygens (including phenoxy) is 2. The molecule has 7 nitrogen and oxygen atoms in total. The number of hydrogen-bond acceptors (Lipinski definition) is 5. The van der Waals surface area contributed by atoms with E-state index < -0.39 is 15.9 Å². The Morgan fingerprint density at radius 1 is 1.12 bits per heavy atom. The maximum atomic E-state index is 13.5. The van der Waals surface area contributed by atoms with Crippen molar-refractivity contribution in [3.8, 4) is 11.5 Å². The molecule has 4 rings (SSSR count). The largest absolute Gasteiger partial charge is 0.497 e. The van der Waals surface area contributed by atoms with Crippen LogP contribution >= 0.6 is 15.9 Å². The lowest BCUT2D eigenvalue weighted by molar-refractivity contribution is -0.123. The van der Waals surface area contributed by atoms with Gasteiger partial charge in [-0.15, -0.1) is 0 Å². The van der Waals surface area contributed by atoms with Gasteiger partial charge in [0.05, 0.1) is 20.1 Å². The first-order valence-corrected chi connectivity index (χ1v) is 12.8. The number of piperidine rings is 1. The Morgan fingerprint density at radius 2 is 1.91 bits per heavy atom. The first-order valence-electron chi connectivity index (χ1n) is 10.6. The van der Waals surface area contributed by atoms with Crippen molar-refractivity contribution in [2.24, 2.45) is 5.92 Å². The second-order valence-electron chi connectivity index (χ2n) is 8.25. The van der Waals surface area contributed by atoms with Crippen molar-refractivity contribution in [2.45, 2.75) is 37.1 Å². The minimum atomic E-state index is -3.86. The molecule has 0 aromatic heterocycles. The maximum Gasteiger partial charge on any atom is 0.246 e. The van der Waals surface area contributed by atoms with Crippen LogP contribution in [0.3, 0.4) is 0 Å². The van der Waals surface area contributed by atoms with Crippen molar-refractivity contribution in [2.75, 3.05) is 32.2 Å². The summed E-state index contributed by atoms with van der Waals surface area (Å²) in [6, 6.07) is 10.7. The molecule has 0 bridgehead atoms. The lowest BCUT2D eigenvalue weighted by Crippen LogP contribution is -2.48. The van der Waals surface area contributed by atoms with Crippen LogP contribution < -0.4 is 14.4 Å². The number of sulfonamides is 1. The van der Waals surface area contributed by atoms with Gasteiger partial charge < -0.3 is 14.4 Å². The highest BCUT2D eigenvalue weighted by Crippen LogP contribution is 2.37. The fourth-order valence-corrected chi connectivity index (χ4v) is 6.72. The van der Waals surface area contributed by atoms with E-state index in [2.05, 4.69) is 15.9 Å². The van der Waals surface area contributed by atoms with Crippen molar-refractivity contribution in [3.05, 3.63) is 46.4 Å². The van der Waals surface area contributed by atoms with Gasteiger partial charge in [-0.1, -0.05) is 15.9 Å². The van der Waals surface area contributed by atoms with Crippen LogP contribution in [0.25, 0.3) is 0 Å². The molecular weight excluding hydrogens is 496 g/mol. The molecule has 1 fully saturated rings. The molecule has 0 N–H and O–H groups in total. The van der Waals surface area contributed by atoms with Gasteiger partial charge >= 0.3 is 0 Å². The Morgan fingerprint density at radius 3 is 2.62 bits per heavy atom. The number of nitrogens with zero attached hydrogens (tertiary/aromatic N) is 2. The van der Waals surface area contributed by atoms with Gasteiger partial charge in [-0.2, -0.15) is 4.31 Å². The average molecular weight is 523 g/mol. The second-order valence-corrected chi connectivity index (χ2v) is 11.1. The molecule has 2 aromatic rings. The Balaban J connectivity index is 1.60. The summed E-state index contributed by atoms with van der Waals surface area (Å²) in [7, 11) is -0.930. The predicted octanol–water partition coefficient (Wildman–Crippen LogP) is 3.84. The van der Waals surface area contributed by atoms with Crippen LogP contribution in [-0.4, -0.2) is 52.0 Å². The zero-order chi connectivity index (χ0) is 23.0. The fraction of sp³-hybridized carbons (Fsp3) is 0.435. The van der Waals surface area contributed by atoms with Crippen LogP contribution in [-0.2, 0) is 21.2 Å². The number of hydrogen-bond donors (Lipinski definition) is 0.